The van der Waals surface area contributed by atoms with Gasteiger partial charge in [0.1, 0.15) is 11.5 Å². The standard InChI is InChI=1S/C16H22BrClO3/c1-4-21-11-5-10(6-11)7-14(18)12-8-16(20-3)13(17)9-15(12)19-2/h8-11,14H,4-7H2,1-3H3. The second-order valence-electron chi connectivity index (χ2n) is 5.35. The molecule has 0 spiro atoms. The lowest BCUT2D eigenvalue weighted by molar-refractivity contribution is -0.0267. The predicted molar refractivity (Wildman–Crippen MR) is 88.6 cm³/mol. The summed E-state index contributed by atoms with van der Waals surface area (Å²) in [5, 5.41) is -0.0745. The van der Waals surface area contributed by atoms with Gasteiger partial charge in [0.25, 0.3) is 0 Å². The third-order valence-corrected chi connectivity index (χ3v) is 5.01. The molecule has 1 aliphatic carbocycles. The Morgan fingerprint density at radius 1 is 1.24 bits per heavy atom. The van der Waals surface area contributed by atoms with Crippen molar-refractivity contribution in [2.75, 3.05) is 20.8 Å². The van der Waals surface area contributed by atoms with Gasteiger partial charge >= 0.3 is 0 Å². The molecule has 0 aliphatic heterocycles. The topological polar surface area (TPSA) is 27.7 Å². The van der Waals surface area contributed by atoms with E-state index in [0.29, 0.717) is 12.0 Å². The highest BCUT2D eigenvalue weighted by Gasteiger charge is 2.32. The first-order valence-corrected chi connectivity index (χ1v) is 8.49. The molecule has 0 radical (unpaired) electrons. The summed E-state index contributed by atoms with van der Waals surface area (Å²) in [6, 6.07) is 3.87. The number of alkyl halides is 1. The quantitative estimate of drug-likeness (QED) is 0.629. The minimum Gasteiger partial charge on any atom is -0.496 e. The average Bonchev–Trinajstić information content (AvgIpc) is 2.44. The number of hydrogen-bond donors (Lipinski definition) is 0. The van der Waals surface area contributed by atoms with Crippen LogP contribution in [0, 0.1) is 5.92 Å². The largest absolute Gasteiger partial charge is 0.496 e. The number of benzene rings is 1. The van der Waals surface area contributed by atoms with Crippen LogP contribution in [0.1, 0.15) is 37.1 Å². The molecule has 1 atom stereocenters. The molecule has 2 rings (SSSR count). The molecule has 0 saturated heterocycles. The Kier molecular flexibility index (Phi) is 6.20. The fraction of sp³-hybridized carbons (Fsp3) is 0.625. The van der Waals surface area contributed by atoms with E-state index in [2.05, 4.69) is 15.9 Å². The van der Waals surface area contributed by atoms with E-state index < -0.39 is 0 Å². The third-order valence-electron chi connectivity index (χ3n) is 3.98. The summed E-state index contributed by atoms with van der Waals surface area (Å²) in [5.41, 5.74) is 0.985. The van der Waals surface area contributed by atoms with Gasteiger partial charge in [-0.25, -0.2) is 0 Å². The van der Waals surface area contributed by atoms with Gasteiger partial charge in [-0.1, -0.05) is 0 Å². The molecule has 0 aromatic heterocycles. The summed E-state index contributed by atoms with van der Waals surface area (Å²) in [7, 11) is 3.31. The Morgan fingerprint density at radius 3 is 2.48 bits per heavy atom. The van der Waals surface area contributed by atoms with Gasteiger partial charge in [-0.15, -0.1) is 11.6 Å². The van der Waals surface area contributed by atoms with E-state index in [-0.39, 0.29) is 5.38 Å². The smallest absolute Gasteiger partial charge is 0.133 e. The first kappa shape index (κ1) is 16.9. The van der Waals surface area contributed by atoms with Crippen molar-refractivity contribution in [1.29, 1.82) is 0 Å². The molecule has 0 amide bonds. The lowest BCUT2D eigenvalue weighted by Crippen LogP contribution is -2.31. The number of halogens is 2. The highest BCUT2D eigenvalue weighted by atomic mass is 79.9. The van der Waals surface area contributed by atoms with E-state index in [1.165, 1.54) is 0 Å². The normalized spacial score (nSPS) is 22.5. The van der Waals surface area contributed by atoms with Crippen molar-refractivity contribution in [1.82, 2.24) is 0 Å². The first-order valence-electron chi connectivity index (χ1n) is 7.26. The van der Waals surface area contributed by atoms with Crippen LogP contribution in [0.5, 0.6) is 11.5 Å². The van der Waals surface area contributed by atoms with Crippen molar-refractivity contribution in [3.05, 3.63) is 22.2 Å². The van der Waals surface area contributed by atoms with Crippen LogP contribution in [0.2, 0.25) is 0 Å². The molecule has 1 aliphatic rings. The van der Waals surface area contributed by atoms with Gasteiger partial charge < -0.3 is 14.2 Å². The van der Waals surface area contributed by atoms with Crippen molar-refractivity contribution >= 4 is 27.5 Å². The Balaban J connectivity index is 2.03. The number of methoxy groups -OCH3 is 2. The van der Waals surface area contributed by atoms with Crippen LogP contribution in [0.15, 0.2) is 16.6 Å². The molecular weight excluding hydrogens is 356 g/mol. The highest BCUT2D eigenvalue weighted by molar-refractivity contribution is 9.10. The van der Waals surface area contributed by atoms with Crippen LogP contribution in [0.25, 0.3) is 0 Å². The van der Waals surface area contributed by atoms with E-state index in [1.807, 2.05) is 19.1 Å². The van der Waals surface area contributed by atoms with Gasteiger partial charge in [-0.2, -0.15) is 0 Å². The number of ether oxygens (including phenoxy) is 3. The van der Waals surface area contributed by atoms with Gasteiger partial charge in [0.2, 0.25) is 0 Å². The van der Waals surface area contributed by atoms with E-state index in [4.69, 9.17) is 25.8 Å². The molecule has 1 fully saturated rings. The Bertz CT molecular complexity index is 475. The van der Waals surface area contributed by atoms with Crippen molar-refractivity contribution in [3.63, 3.8) is 0 Å². The second-order valence-corrected chi connectivity index (χ2v) is 6.73. The van der Waals surface area contributed by atoms with E-state index in [0.717, 1.165) is 47.4 Å². The monoisotopic (exact) mass is 376 g/mol. The zero-order valence-electron chi connectivity index (χ0n) is 12.7. The molecular formula is C16H22BrClO3. The maximum Gasteiger partial charge on any atom is 0.133 e. The lowest BCUT2D eigenvalue weighted by atomic mass is 9.78. The summed E-state index contributed by atoms with van der Waals surface area (Å²) < 4.78 is 17.3. The average molecular weight is 378 g/mol. The van der Waals surface area contributed by atoms with Crippen molar-refractivity contribution in [2.24, 2.45) is 5.92 Å². The molecule has 118 valence electrons. The Labute approximate surface area is 140 Å². The van der Waals surface area contributed by atoms with Gasteiger partial charge in [-0.05, 0) is 60.2 Å². The van der Waals surface area contributed by atoms with Crippen molar-refractivity contribution < 1.29 is 14.2 Å². The summed E-state index contributed by atoms with van der Waals surface area (Å²) in [5.74, 6) is 2.20. The first-order chi connectivity index (χ1) is 10.1. The maximum absolute atomic E-state index is 6.61. The molecule has 3 nitrogen and oxygen atoms in total. The molecule has 1 saturated carbocycles. The zero-order valence-corrected chi connectivity index (χ0v) is 15.0. The number of hydrogen-bond acceptors (Lipinski definition) is 3. The Morgan fingerprint density at radius 2 is 1.90 bits per heavy atom. The summed E-state index contributed by atoms with van der Waals surface area (Å²) in [6.45, 7) is 2.83. The lowest BCUT2D eigenvalue weighted by Gasteiger charge is -2.36. The molecule has 5 heteroatoms. The molecule has 1 aromatic rings. The molecule has 0 N–H and O–H groups in total. The molecule has 1 unspecified atom stereocenters. The highest BCUT2D eigenvalue weighted by Crippen LogP contribution is 2.44. The van der Waals surface area contributed by atoms with Crippen molar-refractivity contribution in [3.8, 4) is 11.5 Å². The van der Waals surface area contributed by atoms with Gasteiger partial charge in [0, 0.05) is 12.2 Å². The van der Waals surface area contributed by atoms with Crippen LogP contribution >= 0.6 is 27.5 Å². The fourth-order valence-electron chi connectivity index (χ4n) is 2.79. The maximum atomic E-state index is 6.61. The number of rotatable bonds is 7. The summed E-state index contributed by atoms with van der Waals surface area (Å²) >= 11 is 10.1. The van der Waals surface area contributed by atoms with E-state index in [9.17, 15) is 0 Å². The molecule has 21 heavy (non-hydrogen) atoms. The van der Waals surface area contributed by atoms with Crippen LogP contribution < -0.4 is 9.47 Å². The van der Waals surface area contributed by atoms with Gasteiger partial charge in [0.05, 0.1) is 30.2 Å². The van der Waals surface area contributed by atoms with Crippen LogP contribution in [0.3, 0.4) is 0 Å². The van der Waals surface area contributed by atoms with Crippen LogP contribution in [0.4, 0.5) is 0 Å². The SMILES string of the molecule is CCOC1CC(CC(Cl)c2cc(OC)c(Br)cc2OC)C1. The molecule has 0 bridgehead atoms. The minimum atomic E-state index is -0.0745. The van der Waals surface area contributed by atoms with Gasteiger partial charge in [0.15, 0.2) is 0 Å². The third kappa shape index (κ3) is 4.05. The Hall–Kier alpha value is -0.450. The van der Waals surface area contributed by atoms with Crippen LogP contribution in [-0.4, -0.2) is 26.9 Å². The van der Waals surface area contributed by atoms with E-state index in [1.54, 1.807) is 14.2 Å². The molecule has 0 heterocycles. The molecule has 1 aromatic carbocycles. The fourth-order valence-corrected chi connectivity index (χ4v) is 3.69. The second kappa shape index (κ2) is 7.70. The minimum absolute atomic E-state index is 0.0745. The van der Waals surface area contributed by atoms with Crippen LogP contribution in [-0.2, 0) is 4.74 Å². The van der Waals surface area contributed by atoms with E-state index >= 15 is 0 Å². The van der Waals surface area contributed by atoms with Gasteiger partial charge in [-0.3, -0.25) is 0 Å². The summed E-state index contributed by atoms with van der Waals surface area (Å²) in [4.78, 5) is 0. The predicted octanol–water partition coefficient (Wildman–Crippen LogP) is 4.95. The summed E-state index contributed by atoms with van der Waals surface area (Å²) in [6.07, 6.45) is 3.57. The zero-order chi connectivity index (χ0) is 15.4. The van der Waals surface area contributed by atoms with Crippen molar-refractivity contribution in [2.45, 2.75) is 37.7 Å².